The number of aromatic nitrogens is 1. The normalized spacial score (nSPS) is 16.0. The molecule has 0 bridgehead atoms. The molecule has 0 atom stereocenters. The summed E-state index contributed by atoms with van der Waals surface area (Å²) < 4.78 is 20.3. The van der Waals surface area contributed by atoms with Crippen molar-refractivity contribution in [3.05, 3.63) is 77.4 Å². The van der Waals surface area contributed by atoms with Crippen molar-refractivity contribution in [1.82, 2.24) is 9.88 Å². The largest absolute Gasteiger partial charge is 0.493 e. The molecule has 1 aliphatic carbocycles. The van der Waals surface area contributed by atoms with Crippen LogP contribution in [0.5, 0.6) is 5.75 Å². The van der Waals surface area contributed by atoms with Gasteiger partial charge in [0.25, 0.3) is 5.91 Å². The van der Waals surface area contributed by atoms with Crippen LogP contribution in [-0.4, -0.2) is 40.1 Å². The number of hydrogen-bond acceptors (Lipinski definition) is 3. The number of ether oxygens (including phenoxy) is 1. The van der Waals surface area contributed by atoms with Gasteiger partial charge in [0.05, 0.1) is 23.8 Å². The third kappa shape index (κ3) is 10.9. The summed E-state index contributed by atoms with van der Waals surface area (Å²) in [6.07, 6.45) is 22.5. The number of rotatable bonds is 13. The maximum absolute atomic E-state index is 13.4. The van der Waals surface area contributed by atoms with Crippen LogP contribution in [0.4, 0.5) is 0 Å². The van der Waals surface area contributed by atoms with Gasteiger partial charge in [0.1, 0.15) is 5.75 Å². The SMILES string of the molecule is CNC(=O)c1cccc2c1c1cc(OCCP(=O)(O)O)cc(CCCCCCc3ccccc3)c1n2C1CCCCCCCCCCCCC1. The Kier molecular flexibility index (Phi) is 14.8. The Morgan fingerprint density at radius 1 is 0.800 bits per heavy atom. The molecule has 0 spiro atoms. The van der Waals surface area contributed by atoms with Crippen LogP contribution >= 0.6 is 7.60 Å². The molecule has 1 fully saturated rings. The van der Waals surface area contributed by atoms with Crippen molar-refractivity contribution in [2.45, 2.75) is 128 Å². The van der Waals surface area contributed by atoms with Gasteiger partial charge in [-0.3, -0.25) is 9.36 Å². The van der Waals surface area contributed by atoms with Gasteiger partial charge in [-0.25, -0.2) is 0 Å². The second-order valence-electron chi connectivity index (χ2n) is 14.4. The van der Waals surface area contributed by atoms with Crippen molar-refractivity contribution >= 4 is 35.3 Å². The van der Waals surface area contributed by atoms with Crippen LogP contribution in [0.25, 0.3) is 21.8 Å². The summed E-state index contributed by atoms with van der Waals surface area (Å²) in [5.41, 5.74) is 5.50. The Hall–Kier alpha value is -3.12. The van der Waals surface area contributed by atoms with Crippen LogP contribution in [0, 0.1) is 0 Å². The molecule has 1 amide bonds. The lowest BCUT2D eigenvalue weighted by molar-refractivity contribution is 0.0964. The van der Waals surface area contributed by atoms with Gasteiger partial charge in [-0.2, -0.15) is 0 Å². The first kappa shape index (κ1) is 38.1. The highest BCUT2D eigenvalue weighted by atomic mass is 31.2. The van der Waals surface area contributed by atoms with E-state index < -0.39 is 7.60 Å². The molecule has 3 aromatic carbocycles. The molecule has 5 rings (SSSR count). The van der Waals surface area contributed by atoms with E-state index in [1.165, 1.54) is 87.3 Å². The fourth-order valence-corrected chi connectivity index (χ4v) is 8.27. The van der Waals surface area contributed by atoms with E-state index in [0.29, 0.717) is 17.4 Å². The van der Waals surface area contributed by atoms with E-state index >= 15 is 0 Å². The monoisotopic (exact) mass is 702 g/mol. The van der Waals surface area contributed by atoms with Gasteiger partial charge in [0, 0.05) is 29.4 Å². The van der Waals surface area contributed by atoms with E-state index in [-0.39, 0.29) is 18.7 Å². The second kappa shape index (κ2) is 19.5. The van der Waals surface area contributed by atoms with Crippen molar-refractivity contribution in [3.8, 4) is 5.75 Å². The van der Waals surface area contributed by atoms with Crippen LogP contribution in [-0.2, 0) is 17.4 Å². The van der Waals surface area contributed by atoms with Crippen molar-refractivity contribution in [2.24, 2.45) is 0 Å². The van der Waals surface area contributed by atoms with E-state index in [1.807, 2.05) is 18.2 Å². The summed E-state index contributed by atoms with van der Waals surface area (Å²) in [6.45, 7) is -0.0712. The minimum absolute atomic E-state index is 0.0712. The number of benzene rings is 3. The number of carbonyl (C=O) groups is 1. The third-order valence-corrected chi connectivity index (χ3v) is 11.3. The number of fused-ring (bicyclic) bond motifs is 3. The zero-order valence-electron chi connectivity index (χ0n) is 30.2. The van der Waals surface area contributed by atoms with Crippen LogP contribution < -0.4 is 10.1 Å². The molecule has 0 radical (unpaired) electrons. The summed E-state index contributed by atoms with van der Waals surface area (Å²) >= 11 is 0. The molecule has 8 heteroatoms. The Morgan fingerprint density at radius 2 is 1.42 bits per heavy atom. The zero-order chi connectivity index (χ0) is 35.2. The summed E-state index contributed by atoms with van der Waals surface area (Å²) in [7, 11) is -2.52. The van der Waals surface area contributed by atoms with Crippen LogP contribution in [0.3, 0.4) is 0 Å². The van der Waals surface area contributed by atoms with Gasteiger partial charge in [0.2, 0.25) is 0 Å². The zero-order valence-corrected chi connectivity index (χ0v) is 31.1. The summed E-state index contributed by atoms with van der Waals surface area (Å²) in [4.78, 5) is 32.4. The minimum Gasteiger partial charge on any atom is -0.493 e. The van der Waals surface area contributed by atoms with E-state index in [2.05, 4.69) is 52.3 Å². The highest BCUT2D eigenvalue weighted by molar-refractivity contribution is 7.51. The topological polar surface area (TPSA) is 101 Å². The number of nitrogens with one attached hydrogen (secondary N) is 1. The number of carbonyl (C=O) groups excluding carboxylic acids is 1. The van der Waals surface area contributed by atoms with Crippen LogP contribution in [0.15, 0.2) is 60.7 Å². The van der Waals surface area contributed by atoms with E-state index in [9.17, 15) is 19.1 Å². The lowest BCUT2D eigenvalue weighted by Crippen LogP contribution is -2.18. The van der Waals surface area contributed by atoms with Crippen molar-refractivity contribution in [2.75, 3.05) is 19.8 Å². The average Bonchev–Trinajstić information content (AvgIpc) is 3.44. The highest BCUT2D eigenvalue weighted by Gasteiger charge is 2.25. The number of aryl methyl sites for hydroxylation is 2. The fraction of sp³-hybridized carbons (Fsp3) is 0.548. The van der Waals surface area contributed by atoms with Gasteiger partial charge in [-0.1, -0.05) is 120 Å². The number of hydrogen-bond donors (Lipinski definition) is 3. The summed E-state index contributed by atoms with van der Waals surface area (Å²) in [6, 6.07) is 21.2. The summed E-state index contributed by atoms with van der Waals surface area (Å²) in [5.74, 6) is 0.482. The van der Waals surface area contributed by atoms with Crippen molar-refractivity contribution in [1.29, 1.82) is 0 Å². The summed E-state index contributed by atoms with van der Waals surface area (Å²) in [5, 5.41) is 4.79. The number of nitrogens with zero attached hydrogens (tertiary/aromatic N) is 1. The molecule has 0 aliphatic heterocycles. The highest BCUT2D eigenvalue weighted by Crippen LogP contribution is 2.42. The molecule has 50 heavy (non-hydrogen) atoms. The fourth-order valence-electron chi connectivity index (χ4n) is 7.94. The molecule has 272 valence electrons. The molecule has 1 aliphatic rings. The van der Waals surface area contributed by atoms with Gasteiger partial charge in [-0.15, -0.1) is 0 Å². The molecule has 4 aromatic rings. The maximum Gasteiger partial charge on any atom is 0.328 e. The molecule has 0 saturated heterocycles. The minimum atomic E-state index is -4.20. The number of amides is 1. The maximum atomic E-state index is 13.4. The molecule has 0 unspecified atom stereocenters. The second-order valence-corrected chi connectivity index (χ2v) is 16.2. The van der Waals surface area contributed by atoms with Crippen LogP contribution in [0.1, 0.15) is 137 Å². The van der Waals surface area contributed by atoms with Crippen molar-refractivity contribution in [3.63, 3.8) is 0 Å². The average molecular weight is 703 g/mol. The Labute approximate surface area is 299 Å². The van der Waals surface area contributed by atoms with Crippen LogP contribution in [0.2, 0.25) is 0 Å². The van der Waals surface area contributed by atoms with Gasteiger partial charge < -0.3 is 24.4 Å². The standard InChI is InChI=1S/C42H59N2O5P/c1-43-42(45)37-27-20-28-39-40(37)38-32-36(49-29-30-50(46,47)48)31-34(24-17-12-11-14-21-33-22-15-13-16-23-33)41(38)44(39)35-25-18-9-7-5-3-2-4-6-8-10-19-26-35/h13,15-16,20,22-23,27-28,31-32,35H,2-12,14,17-19,21,24-26,29-30H2,1H3,(H,43,45)(H2,46,47,48). The Balaban J connectivity index is 1.53. The first-order chi connectivity index (χ1) is 24.4. The lowest BCUT2D eigenvalue weighted by atomic mass is 9.97. The van der Waals surface area contributed by atoms with Gasteiger partial charge in [0.15, 0.2) is 0 Å². The molecule has 1 heterocycles. The molecule has 1 saturated carbocycles. The predicted molar refractivity (Wildman–Crippen MR) is 207 cm³/mol. The van der Waals surface area contributed by atoms with E-state index in [4.69, 9.17) is 4.74 Å². The Bertz CT molecular complexity index is 1680. The van der Waals surface area contributed by atoms with Crippen molar-refractivity contribution < 1.29 is 23.9 Å². The Morgan fingerprint density at radius 3 is 2.04 bits per heavy atom. The molecular formula is C42H59N2O5P. The number of unbranched alkanes of at least 4 members (excludes halogenated alkanes) is 3. The third-order valence-electron chi connectivity index (χ3n) is 10.5. The van der Waals surface area contributed by atoms with Gasteiger partial charge >= 0.3 is 7.60 Å². The quantitative estimate of drug-likeness (QED) is 0.0951. The predicted octanol–water partition coefficient (Wildman–Crippen LogP) is 10.7. The first-order valence-electron chi connectivity index (χ1n) is 19.4. The lowest BCUT2D eigenvalue weighted by Gasteiger charge is -2.24. The molecular weight excluding hydrogens is 643 g/mol. The molecule has 3 N–H and O–H groups in total. The van der Waals surface area contributed by atoms with E-state index in [1.54, 1.807) is 7.05 Å². The molecule has 7 nitrogen and oxygen atoms in total. The smallest absolute Gasteiger partial charge is 0.328 e. The first-order valence-corrected chi connectivity index (χ1v) is 21.2. The molecule has 1 aromatic heterocycles. The van der Waals surface area contributed by atoms with E-state index in [0.717, 1.165) is 67.7 Å². The van der Waals surface area contributed by atoms with Gasteiger partial charge in [-0.05, 0) is 73.9 Å².